The van der Waals surface area contributed by atoms with E-state index in [9.17, 15) is 9.90 Å². The third kappa shape index (κ3) is 4.85. The number of aliphatic carboxylic acids is 1. The van der Waals surface area contributed by atoms with Crippen LogP contribution in [-0.2, 0) is 11.2 Å². The van der Waals surface area contributed by atoms with E-state index in [0.717, 1.165) is 19.5 Å². The Morgan fingerprint density at radius 1 is 1.19 bits per heavy atom. The first-order valence-corrected chi connectivity index (χ1v) is 8.08. The Balaban J connectivity index is 2.14. The van der Waals surface area contributed by atoms with Crippen molar-refractivity contribution in [3.8, 4) is 0 Å². The molecule has 1 fully saturated rings. The molecule has 1 unspecified atom stereocenters. The fourth-order valence-electron chi connectivity index (χ4n) is 3.27. The second-order valence-electron chi connectivity index (χ2n) is 6.34. The van der Waals surface area contributed by atoms with Crippen LogP contribution in [0.3, 0.4) is 0 Å². The summed E-state index contributed by atoms with van der Waals surface area (Å²) in [5.41, 5.74) is 3.82. The topological polar surface area (TPSA) is 40.5 Å². The first-order valence-electron chi connectivity index (χ1n) is 8.08. The lowest BCUT2D eigenvalue weighted by Crippen LogP contribution is -2.39. The Bertz CT molecular complexity index is 476. The Hall–Kier alpha value is -1.35. The lowest BCUT2D eigenvalue weighted by molar-refractivity contribution is -0.138. The molecule has 21 heavy (non-hydrogen) atoms. The standard InChI is InChI=1S/C18H27NO2/c1-14-7-8-15(2)16(11-14)12-17(13-18(20)21)19-9-5-3-4-6-10-19/h7-8,11,17H,3-6,9-10,12-13H2,1-2H3,(H,20,21). The van der Waals surface area contributed by atoms with Gasteiger partial charge in [0.05, 0.1) is 6.42 Å². The Morgan fingerprint density at radius 3 is 2.48 bits per heavy atom. The number of carbonyl (C=O) groups is 1. The Labute approximate surface area is 128 Å². The molecule has 0 bridgehead atoms. The van der Waals surface area contributed by atoms with Gasteiger partial charge < -0.3 is 5.11 Å². The molecular weight excluding hydrogens is 262 g/mol. The van der Waals surface area contributed by atoms with E-state index in [2.05, 4.69) is 36.9 Å². The number of benzene rings is 1. The summed E-state index contributed by atoms with van der Waals surface area (Å²) in [6, 6.07) is 6.60. The van der Waals surface area contributed by atoms with E-state index in [1.165, 1.54) is 42.4 Å². The zero-order chi connectivity index (χ0) is 15.2. The molecule has 116 valence electrons. The molecule has 3 nitrogen and oxygen atoms in total. The molecule has 1 heterocycles. The van der Waals surface area contributed by atoms with Crippen molar-refractivity contribution in [3.63, 3.8) is 0 Å². The minimum Gasteiger partial charge on any atom is -0.481 e. The maximum absolute atomic E-state index is 11.3. The maximum atomic E-state index is 11.3. The molecule has 0 saturated carbocycles. The second-order valence-corrected chi connectivity index (χ2v) is 6.34. The molecule has 2 rings (SSSR count). The number of rotatable bonds is 5. The average Bonchev–Trinajstić information content (AvgIpc) is 2.70. The van der Waals surface area contributed by atoms with E-state index in [4.69, 9.17) is 0 Å². The van der Waals surface area contributed by atoms with Crippen LogP contribution in [0.15, 0.2) is 18.2 Å². The van der Waals surface area contributed by atoms with E-state index in [-0.39, 0.29) is 12.5 Å². The minimum atomic E-state index is -0.686. The molecule has 1 aliphatic rings. The van der Waals surface area contributed by atoms with E-state index in [1.54, 1.807) is 0 Å². The SMILES string of the molecule is Cc1ccc(C)c(CC(CC(=O)O)N2CCCCCC2)c1. The van der Waals surface area contributed by atoms with Crippen LogP contribution in [0.1, 0.15) is 48.8 Å². The number of carboxylic acids is 1. The van der Waals surface area contributed by atoms with Gasteiger partial charge in [-0.15, -0.1) is 0 Å². The van der Waals surface area contributed by atoms with E-state index >= 15 is 0 Å². The largest absolute Gasteiger partial charge is 0.481 e. The minimum absolute atomic E-state index is 0.126. The number of carboxylic acid groups (broad SMARTS) is 1. The maximum Gasteiger partial charge on any atom is 0.304 e. The van der Waals surface area contributed by atoms with Crippen molar-refractivity contribution in [2.24, 2.45) is 0 Å². The van der Waals surface area contributed by atoms with Crippen LogP contribution in [0.2, 0.25) is 0 Å². The molecule has 1 atom stereocenters. The van der Waals surface area contributed by atoms with Crippen LogP contribution in [0, 0.1) is 13.8 Å². The van der Waals surface area contributed by atoms with Gasteiger partial charge in [-0.2, -0.15) is 0 Å². The molecule has 1 N–H and O–H groups in total. The molecular formula is C18H27NO2. The predicted octanol–water partition coefficient (Wildman–Crippen LogP) is 3.57. The highest BCUT2D eigenvalue weighted by Crippen LogP contribution is 2.20. The quantitative estimate of drug-likeness (QED) is 0.901. The van der Waals surface area contributed by atoms with Crippen LogP contribution in [-0.4, -0.2) is 35.1 Å². The summed E-state index contributed by atoms with van der Waals surface area (Å²) in [5, 5.41) is 9.26. The smallest absolute Gasteiger partial charge is 0.304 e. The zero-order valence-electron chi connectivity index (χ0n) is 13.3. The van der Waals surface area contributed by atoms with Crippen molar-refractivity contribution >= 4 is 5.97 Å². The van der Waals surface area contributed by atoms with Crippen LogP contribution < -0.4 is 0 Å². The summed E-state index contributed by atoms with van der Waals surface area (Å²) in [7, 11) is 0. The van der Waals surface area contributed by atoms with E-state index in [0.29, 0.717) is 0 Å². The highest BCUT2D eigenvalue weighted by Gasteiger charge is 2.23. The third-order valence-corrected chi connectivity index (χ3v) is 4.53. The number of hydrogen-bond acceptors (Lipinski definition) is 2. The molecule has 0 amide bonds. The van der Waals surface area contributed by atoms with Gasteiger partial charge in [0, 0.05) is 6.04 Å². The van der Waals surface area contributed by atoms with Crippen LogP contribution >= 0.6 is 0 Å². The summed E-state index contributed by atoms with van der Waals surface area (Å²) in [4.78, 5) is 13.7. The average molecular weight is 289 g/mol. The lowest BCUT2D eigenvalue weighted by atomic mass is 9.96. The first-order chi connectivity index (χ1) is 10.1. The van der Waals surface area contributed by atoms with E-state index < -0.39 is 5.97 Å². The van der Waals surface area contributed by atoms with Gasteiger partial charge in [0.25, 0.3) is 0 Å². The summed E-state index contributed by atoms with van der Waals surface area (Å²) < 4.78 is 0. The summed E-state index contributed by atoms with van der Waals surface area (Å²) in [6.45, 7) is 6.31. The Kier molecular flexibility index (Phi) is 5.80. The molecule has 1 aliphatic heterocycles. The van der Waals surface area contributed by atoms with Crippen LogP contribution in [0.4, 0.5) is 0 Å². The molecule has 1 aromatic rings. The molecule has 1 saturated heterocycles. The van der Waals surface area contributed by atoms with Gasteiger partial charge in [-0.25, -0.2) is 0 Å². The Morgan fingerprint density at radius 2 is 1.86 bits per heavy atom. The predicted molar refractivity (Wildman–Crippen MR) is 85.7 cm³/mol. The molecule has 0 spiro atoms. The van der Waals surface area contributed by atoms with Crippen LogP contribution in [0.5, 0.6) is 0 Å². The van der Waals surface area contributed by atoms with Gasteiger partial charge in [-0.3, -0.25) is 9.69 Å². The lowest BCUT2D eigenvalue weighted by Gasteiger charge is -2.30. The van der Waals surface area contributed by atoms with Crippen molar-refractivity contribution in [1.29, 1.82) is 0 Å². The van der Waals surface area contributed by atoms with Gasteiger partial charge in [0.1, 0.15) is 0 Å². The van der Waals surface area contributed by atoms with Crippen molar-refractivity contribution in [2.75, 3.05) is 13.1 Å². The fraction of sp³-hybridized carbons (Fsp3) is 0.611. The molecule has 1 aromatic carbocycles. The number of aryl methyl sites for hydroxylation is 2. The number of nitrogens with zero attached hydrogens (tertiary/aromatic N) is 1. The van der Waals surface area contributed by atoms with Gasteiger partial charge in [0.15, 0.2) is 0 Å². The zero-order valence-corrected chi connectivity index (χ0v) is 13.3. The monoisotopic (exact) mass is 289 g/mol. The first kappa shape index (κ1) is 16.0. The van der Waals surface area contributed by atoms with Gasteiger partial charge in [0.2, 0.25) is 0 Å². The van der Waals surface area contributed by atoms with E-state index in [1.807, 2.05) is 0 Å². The summed E-state index contributed by atoms with van der Waals surface area (Å²) >= 11 is 0. The number of likely N-dealkylation sites (tertiary alicyclic amines) is 1. The molecule has 3 heteroatoms. The number of hydrogen-bond donors (Lipinski definition) is 1. The molecule has 0 aliphatic carbocycles. The molecule has 0 radical (unpaired) electrons. The second kappa shape index (κ2) is 7.60. The summed E-state index contributed by atoms with van der Waals surface area (Å²) in [6.07, 6.45) is 6.04. The van der Waals surface area contributed by atoms with Crippen LogP contribution in [0.25, 0.3) is 0 Å². The summed E-state index contributed by atoms with van der Waals surface area (Å²) in [5.74, 6) is -0.686. The van der Waals surface area contributed by atoms with Gasteiger partial charge >= 0.3 is 5.97 Å². The van der Waals surface area contributed by atoms with Crippen molar-refractivity contribution in [1.82, 2.24) is 4.90 Å². The normalized spacial score (nSPS) is 18.2. The third-order valence-electron chi connectivity index (χ3n) is 4.53. The van der Waals surface area contributed by atoms with Crippen molar-refractivity contribution in [3.05, 3.63) is 34.9 Å². The highest BCUT2D eigenvalue weighted by atomic mass is 16.4. The van der Waals surface area contributed by atoms with Gasteiger partial charge in [-0.1, -0.05) is 36.6 Å². The van der Waals surface area contributed by atoms with Crippen molar-refractivity contribution in [2.45, 2.75) is 58.4 Å². The van der Waals surface area contributed by atoms with Gasteiger partial charge in [-0.05, 0) is 57.3 Å². The fourth-order valence-corrected chi connectivity index (χ4v) is 3.27. The van der Waals surface area contributed by atoms with Crippen molar-refractivity contribution < 1.29 is 9.90 Å². The highest BCUT2D eigenvalue weighted by molar-refractivity contribution is 5.67. The molecule has 0 aromatic heterocycles.